The lowest BCUT2D eigenvalue weighted by atomic mass is 10.1. The van der Waals surface area contributed by atoms with Gasteiger partial charge in [0.15, 0.2) is 0 Å². The van der Waals surface area contributed by atoms with Crippen LogP contribution in [0.25, 0.3) is 0 Å². The van der Waals surface area contributed by atoms with Gasteiger partial charge in [-0.05, 0) is 31.0 Å². The van der Waals surface area contributed by atoms with Crippen LogP contribution < -0.4 is 0 Å². The Bertz CT molecular complexity index is 354. The van der Waals surface area contributed by atoms with Crippen LogP contribution in [0.1, 0.15) is 11.1 Å². The van der Waals surface area contributed by atoms with E-state index in [1.807, 2.05) is 19.9 Å². The van der Waals surface area contributed by atoms with Crippen molar-refractivity contribution in [3.8, 4) is 0 Å². The number of rotatable bonds is 1. The number of aryl methyl sites for hydroxylation is 1. The van der Waals surface area contributed by atoms with E-state index >= 15 is 0 Å². The van der Waals surface area contributed by atoms with Gasteiger partial charge in [-0.2, -0.15) is 4.99 Å². The summed E-state index contributed by atoms with van der Waals surface area (Å²) in [5.74, 6) is 0. The fourth-order valence-corrected chi connectivity index (χ4v) is 1.14. The number of nitrogens with zero attached hydrogens (tertiary/aromatic N) is 1. The van der Waals surface area contributed by atoms with E-state index in [4.69, 9.17) is 11.6 Å². The lowest BCUT2D eigenvalue weighted by Gasteiger charge is -2.03. The predicted molar refractivity (Wildman–Crippen MR) is 48.7 cm³/mol. The number of halogens is 1. The topological polar surface area (TPSA) is 29.4 Å². The summed E-state index contributed by atoms with van der Waals surface area (Å²) in [4.78, 5) is 13.5. The molecule has 0 saturated heterocycles. The van der Waals surface area contributed by atoms with Crippen LogP contribution in [0.15, 0.2) is 17.1 Å². The summed E-state index contributed by atoms with van der Waals surface area (Å²) in [6.45, 7) is 3.73. The first kappa shape index (κ1) is 8.98. The summed E-state index contributed by atoms with van der Waals surface area (Å²) in [5.41, 5.74) is 2.39. The van der Waals surface area contributed by atoms with Crippen molar-refractivity contribution in [2.24, 2.45) is 4.99 Å². The molecule has 0 aliphatic rings. The Hall–Kier alpha value is -1.11. The van der Waals surface area contributed by atoms with Crippen molar-refractivity contribution < 1.29 is 4.79 Å². The summed E-state index contributed by atoms with van der Waals surface area (Å²) < 4.78 is 0. The van der Waals surface area contributed by atoms with Crippen molar-refractivity contribution in [1.82, 2.24) is 0 Å². The molecule has 0 unspecified atom stereocenters. The molecule has 1 aromatic rings. The molecule has 1 rings (SSSR count). The minimum atomic E-state index is 0.584. The third-order valence-electron chi connectivity index (χ3n) is 1.72. The molecule has 0 radical (unpaired) electrons. The van der Waals surface area contributed by atoms with Crippen molar-refractivity contribution in [1.29, 1.82) is 0 Å². The molecule has 0 amide bonds. The Morgan fingerprint density at radius 2 is 2.08 bits per heavy atom. The smallest absolute Gasteiger partial charge is 0.211 e. The van der Waals surface area contributed by atoms with Crippen LogP contribution in [-0.2, 0) is 4.79 Å². The van der Waals surface area contributed by atoms with Gasteiger partial charge in [0.1, 0.15) is 0 Å². The Balaban J connectivity index is 3.35. The van der Waals surface area contributed by atoms with Gasteiger partial charge in [-0.15, -0.1) is 0 Å². The fraction of sp³-hybridized carbons (Fsp3) is 0.222. The van der Waals surface area contributed by atoms with Gasteiger partial charge in [-0.3, -0.25) is 0 Å². The van der Waals surface area contributed by atoms with E-state index in [1.54, 1.807) is 6.07 Å². The highest BCUT2D eigenvalue weighted by molar-refractivity contribution is 6.32. The van der Waals surface area contributed by atoms with Gasteiger partial charge >= 0.3 is 0 Å². The third-order valence-corrected chi connectivity index (χ3v) is 2.30. The average Bonchev–Trinajstić information content (AvgIpc) is 2.07. The molecule has 0 bridgehead atoms. The molecule has 1 aromatic carbocycles. The largest absolute Gasteiger partial charge is 0.240 e. The van der Waals surface area contributed by atoms with Gasteiger partial charge in [0, 0.05) is 5.02 Å². The van der Waals surface area contributed by atoms with Crippen LogP contribution >= 0.6 is 11.6 Å². The first-order valence-corrected chi connectivity index (χ1v) is 3.88. The number of hydrogen-bond donors (Lipinski definition) is 0. The molecule has 0 atom stereocenters. The minimum Gasteiger partial charge on any atom is -0.211 e. The second-order valence-electron chi connectivity index (χ2n) is 2.54. The lowest BCUT2D eigenvalue weighted by Crippen LogP contribution is -1.80. The highest BCUT2D eigenvalue weighted by atomic mass is 35.5. The first-order valence-electron chi connectivity index (χ1n) is 3.50. The van der Waals surface area contributed by atoms with Gasteiger partial charge in [-0.25, -0.2) is 4.79 Å². The van der Waals surface area contributed by atoms with Gasteiger partial charge < -0.3 is 0 Å². The zero-order chi connectivity index (χ0) is 9.14. The van der Waals surface area contributed by atoms with E-state index in [1.165, 1.54) is 6.08 Å². The van der Waals surface area contributed by atoms with Crippen LogP contribution in [0, 0.1) is 13.8 Å². The van der Waals surface area contributed by atoms with Gasteiger partial charge in [0.2, 0.25) is 6.08 Å². The van der Waals surface area contributed by atoms with Gasteiger partial charge in [0.05, 0.1) is 5.69 Å². The summed E-state index contributed by atoms with van der Waals surface area (Å²) in [5, 5.41) is 0.659. The average molecular weight is 182 g/mol. The second-order valence-corrected chi connectivity index (χ2v) is 2.92. The van der Waals surface area contributed by atoms with Crippen molar-refractivity contribution in [3.05, 3.63) is 28.3 Å². The van der Waals surface area contributed by atoms with E-state index < -0.39 is 0 Å². The molecule has 0 saturated carbocycles. The summed E-state index contributed by atoms with van der Waals surface area (Å²) >= 11 is 5.93. The predicted octanol–water partition coefficient (Wildman–Crippen LogP) is 2.92. The normalized spacial score (nSPS) is 9.25. The molecule has 0 fully saturated rings. The summed E-state index contributed by atoms with van der Waals surface area (Å²) in [7, 11) is 0. The number of carbonyl (C=O) groups excluding carboxylic acids is 1. The Labute approximate surface area is 75.9 Å². The van der Waals surface area contributed by atoms with Gasteiger partial charge in [-0.1, -0.05) is 17.7 Å². The quantitative estimate of drug-likeness (QED) is 0.484. The van der Waals surface area contributed by atoms with Crippen LogP contribution in [0.5, 0.6) is 0 Å². The van der Waals surface area contributed by atoms with E-state index in [2.05, 4.69) is 4.99 Å². The van der Waals surface area contributed by atoms with Crippen molar-refractivity contribution >= 4 is 23.4 Å². The van der Waals surface area contributed by atoms with Crippen molar-refractivity contribution in [3.63, 3.8) is 0 Å². The lowest BCUT2D eigenvalue weighted by molar-refractivity contribution is 0.565. The molecular formula is C9H8ClNO. The molecule has 3 heteroatoms. The first-order chi connectivity index (χ1) is 5.66. The van der Waals surface area contributed by atoms with Crippen LogP contribution in [0.2, 0.25) is 5.02 Å². The highest BCUT2D eigenvalue weighted by Gasteiger charge is 2.03. The number of hydrogen-bond acceptors (Lipinski definition) is 2. The number of benzene rings is 1. The Morgan fingerprint density at radius 1 is 1.42 bits per heavy atom. The third kappa shape index (κ3) is 1.55. The SMILES string of the molecule is Cc1ccc(N=C=O)c(C)c1Cl. The molecule has 0 aliphatic carbocycles. The Morgan fingerprint density at radius 3 is 2.67 bits per heavy atom. The standard InChI is InChI=1S/C9H8ClNO/c1-6-3-4-8(11-5-12)7(2)9(6)10/h3-4H,1-2H3. The molecule has 2 nitrogen and oxygen atoms in total. The second kappa shape index (κ2) is 3.53. The zero-order valence-electron chi connectivity index (χ0n) is 6.89. The van der Waals surface area contributed by atoms with Crippen LogP contribution in [-0.4, -0.2) is 6.08 Å². The number of aliphatic imine (C=N–C) groups is 1. The maximum atomic E-state index is 9.99. The molecule has 0 N–H and O–H groups in total. The molecule has 62 valence electrons. The van der Waals surface area contributed by atoms with Gasteiger partial charge in [0.25, 0.3) is 0 Å². The highest BCUT2D eigenvalue weighted by Crippen LogP contribution is 2.28. The fourth-order valence-electron chi connectivity index (χ4n) is 0.981. The molecule has 0 aliphatic heterocycles. The number of isocyanates is 1. The van der Waals surface area contributed by atoms with Crippen LogP contribution in [0.4, 0.5) is 5.69 Å². The zero-order valence-corrected chi connectivity index (χ0v) is 7.64. The monoisotopic (exact) mass is 181 g/mol. The van der Waals surface area contributed by atoms with E-state index in [9.17, 15) is 4.79 Å². The molecule has 12 heavy (non-hydrogen) atoms. The van der Waals surface area contributed by atoms with Crippen molar-refractivity contribution in [2.45, 2.75) is 13.8 Å². The molecule has 0 spiro atoms. The molecular weight excluding hydrogens is 174 g/mol. The molecule has 0 aromatic heterocycles. The maximum absolute atomic E-state index is 9.99. The van der Waals surface area contributed by atoms with Crippen molar-refractivity contribution in [2.75, 3.05) is 0 Å². The van der Waals surface area contributed by atoms with E-state index in [0.29, 0.717) is 10.7 Å². The van der Waals surface area contributed by atoms with Crippen LogP contribution in [0.3, 0.4) is 0 Å². The van der Waals surface area contributed by atoms with E-state index in [0.717, 1.165) is 11.1 Å². The maximum Gasteiger partial charge on any atom is 0.240 e. The summed E-state index contributed by atoms with van der Waals surface area (Å²) in [6, 6.07) is 3.58. The summed E-state index contributed by atoms with van der Waals surface area (Å²) in [6.07, 6.45) is 1.49. The Kier molecular flexibility index (Phi) is 2.64. The minimum absolute atomic E-state index is 0.584. The molecule has 0 heterocycles. The van der Waals surface area contributed by atoms with E-state index in [-0.39, 0.29) is 0 Å².